The standard InChI is InChI=1S/C42H41F4N7O4/c1-22-8-29-27-4-2-3-5-32(27)47-38(29)39(52(22)16-34(45)46)37-30(43)11-26(12-31(37)44)50-18-42(19-50)20-51(21-42)36(55)17-49-13-23-9-25-15-53(33-6-7-35(54)48-40(33)56)41(57)28(25)10-24(23)14-49/h2-5,9-12,22,33-34,39,47H,6-8,13-21H2,1H3,(H,48,54,56)/t22-,33?,39-/m1/s1. The van der Waals surface area contributed by atoms with Crippen LogP contribution in [0.25, 0.3) is 10.9 Å². The molecule has 0 radical (unpaired) electrons. The van der Waals surface area contributed by atoms with E-state index >= 15 is 8.78 Å². The van der Waals surface area contributed by atoms with Gasteiger partial charge in [-0.3, -0.25) is 34.3 Å². The summed E-state index contributed by atoms with van der Waals surface area (Å²) >= 11 is 0. The highest BCUT2D eigenvalue weighted by molar-refractivity contribution is 6.05. The summed E-state index contributed by atoms with van der Waals surface area (Å²) in [5, 5.41) is 3.25. The zero-order valence-electron chi connectivity index (χ0n) is 31.3. The number of anilines is 1. The molecule has 4 aromatic rings. The number of imide groups is 1. The summed E-state index contributed by atoms with van der Waals surface area (Å²) < 4.78 is 60.1. The van der Waals surface area contributed by atoms with Gasteiger partial charge in [0.1, 0.15) is 17.7 Å². The Labute approximate surface area is 325 Å². The smallest absolute Gasteiger partial charge is 0.255 e. The maximum atomic E-state index is 16.2. The maximum absolute atomic E-state index is 16.2. The second-order valence-electron chi connectivity index (χ2n) is 16.9. The minimum absolute atomic E-state index is 0.00705. The van der Waals surface area contributed by atoms with E-state index in [1.54, 1.807) is 0 Å². The second kappa shape index (κ2) is 13.1. The van der Waals surface area contributed by atoms with Crippen LogP contribution in [0, 0.1) is 17.0 Å². The van der Waals surface area contributed by atoms with Gasteiger partial charge in [0.05, 0.1) is 19.1 Å². The number of piperidine rings is 1. The molecule has 4 amide bonds. The van der Waals surface area contributed by atoms with Gasteiger partial charge in [-0.1, -0.05) is 24.3 Å². The molecule has 57 heavy (non-hydrogen) atoms. The SMILES string of the molecule is C[C@@H]1Cc2c([nH]c3ccccc23)[C@@H](c2c(F)cc(N3CC4(CN(C(=O)CN5Cc6cc7c(cc6C5)C(=O)N(C5CCC(=O)NC5=O)C7)C4)C3)cc2F)N1CC(F)F. The lowest BCUT2D eigenvalue weighted by molar-refractivity contribution is -0.146. The van der Waals surface area contributed by atoms with Crippen molar-refractivity contribution < 1.29 is 36.7 Å². The Morgan fingerprint density at radius 2 is 1.65 bits per heavy atom. The fraction of sp³-hybridized carbons (Fsp3) is 0.429. The third-order valence-corrected chi connectivity index (χ3v) is 13.0. The monoisotopic (exact) mass is 783 g/mol. The first-order chi connectivity index (χ1) is 27.3. The lowest BCUT2D eigenvalue weighted by Crippen LogP contribution is -2.73. The van der Waals surface area contributed by atoms with E-state index in [1.165, 1.54) is 21.9 Å². The van der Waals surface area contributed by atoms with E-state index < -0.39 is 42.6 Å². The molecular formula is C42H41F4N7O4. The fourth-order valence-corrected chi connectivity index (χ4v) is 10.3. The van der Waals surface area contributed by atoms with Gasteiger partial charge >= 0.3 is 0 Å². The predicted octanol–water partition coefficient (Wildman–Crippen LogP) is 4.47. The van der Waals surface area contributed by atoms with Gasteiger partial charge in [-0.05, 0) is 66.3 Å². The molecule has 0 bridgehead atoms. The third-order valence-electron chi connectivity index (χ3n) is 13.0. The molecule has 1 unspecified atom stereocenters. The minimum Gasteiger partial charge on any atom is -0.370 e. The molecule has 1 aromatic heterocycles. The number of benzene rings is 3. The van der Waals surface area contributed by atoms with Crippen LogP contribution in [0.5, 0.6) is 0 Å². The molecule has 1 spiro atoms. The number of amides is 4. The van der Waals surface area contributed by atoms with Gasteiger partial charge in [0.25, 0.3) is 12.3 Å². The molecule has 6 aliphatic rings. The van der Waals surface area contributed by atoms with Crippen molar-refractivity contribution in [1.29, 1.82) is 0 Å². The first kappa shape index (κ1) is 36.1. The summed E-state index contributed by atoms with van der Waals surface area (Å²) in [7, 11) is 0. The van der Waals surface area contributed by atoms with Crippen LogP contribution >= 0.6 is 0 Å². The lowest BCUT2D eigenvalue weighted by atomic mass is 9.72. The van der Waals surface area contributed by atoms with E-state index in [-0.39, 0.29) is 47.7 Å². The van der Waals surface area contributed by atoms with Crippen LogP contribution in [0.1, 0.15) is 69.7 Å². The Balaban J connectivity index is 0.771. The van der Waals surface area contributed by atoms with Crippen molar-refractivity contribution in [1.82, 2.24) is 29.9 Å². The van der Waals surface area contributed by atoms with Gasteiger partial charge in [-0.15, -0.1) is 0 Å². The summed E-state index contributed by atoms with van der Waals surface area (Å²) in [6.07, 6.45) is -1.70. The first-order valence-electron chi connectivity index (χ1n) is 19.5. The average molecular weight is 784 g/mol. The number of halogens is 4. The molecule has 3 fully saturated rings. The Kier molecular flexibility index (Phi) is 8.31. The normalized spacial score (nSPS) is 24.2. The third kappa shape index (κ3) is 5.91. The molecule has 0 aliphatic carbocycles. The van der Waals surface area contributed by atoms with Gasteiger partial charge in [0.2, 0.25) is 17.7 Å². The van der Waals surface area contributed by atoms with Crippen molar-refractivity contribution in [2.24, 2.45) is 5.41 Å². The molecule has 15 heteroatoms. The van der Waals surface area contributed by atoms with Crippen LogP contribution in [0.3, 0.4) is 0 Å². The van der Waals surface area contributed by atoms with Crippen molar-refractivity contribution in [3.63, 3.8) is 0 Å². The number of para-hydroxylation sites is 1. The number of fused-ring (bicyclic) bond motifs is 5. The van der Waals surface area contributed by atoms with E-state index in [9.17, 15) is 28.0 Å². The zero-order valence-corrected chi connectivity index (χ0v) is 31.3. The molecule has 11 nitrogen and oxygen atoms in total. The second-order valence-corrected chi connectivity index (χ2v) is 16.9. The van der Waals surface area contributed by atoms with E-state index in [0.717, 1.165) is 33.2 Å². The number of carbonyl (C=O) groups excluding carboxylic acids is 4. The van der Waals surface area contributed by atoms with Gasteiger partial charge in [0, 0.05) is 97.1 Å². The van der Waals surface area contributed by atoms with Crippen LogP contribution in [-0.2, 0) is 40.4 Å². The summed E-state index contributed by atoms with van der Waals surface area (Å²) in [6.45, 7) is 4.93. The Morgan fingerprint density at radius 1 is 0.930 bits per heavy atom. The van der Waals surface area contributed by atoms with E-state index in [1.807, 2.05) is 58.0 Å². The Morgan fingerprint density at radius 3 is 2.37 bits per heavy atom. The van der Waals surface area contributed by atoms with Crippen molar-refractivity contribution in [3.8, 4) is 0 Å². The summed E-state index contributed by atoms with van der Waals surface area (Å²) in [5.74, 6) is -2.57. The van der Waals surface area contributed by atoms with Gasteiger partial charge in [-0.25, -0.2) is 17.6 Å². The fourth-order valence-electron chi connectivity index (χ4n) is 10.3. The number of likely N-dealkylation sites (tertiary alicyclic amines) is 1. The van der Waals surface area contributed by atoms with E-state index in [0.29, 0.717) is 75.6 Å². The molecule has 7 heterocycles. The number of nitrogens with zero attached hydrogens (tertiary/aromatic N) is 5. The molecule has 3 atom stereocenters. The molecule has 10 rings (SSSR count). The summed E-state index contributed by atoms with van der Waals surface area (Å²) in [5.41, 5.74) is 5.60. The van der Waals surface area contributed by atoms with Gasteiger partial charge in [-0.2, -0.15) is 0 Å². The topological polar surface area (TPSA) is 112 Å². The van der Waals surface area contributed by atoms with E-state index in [2.05, 4.69) is 10.3 Å². The highest BCUT2D eigenvalue weighted by Gasteiger charge is 2.53. The molecule has 296 valence electrons. The number of H-pyrrole nitrogens is 1. The number of carbonyl (C=O) groups is 4. The quantitative estimate of drug-likeness (QED) is 0.210. The molecule has 2 N–H and O–H groups in total. The number of hydrogen-bond acceptors (Lipinski definition) is 7. The van der Waals surface area contributed by atoms with Crippen molar-refractivity contribution in [2.75, 3.05) is 44.2 Å². The highest BCUT2D eigenvalue weighted by atomic mass is 19.3. The van der Waals surface area contributed by atoms with Crippen molar-refractivity contribution in [3.05, 3.63) is 99.2 Å². The molecule has 3 aromatic carbocycles. The lowest BCUT2D eigenvalue weighted by Gasteiger charge is -2.61. The van der Waals surface area contributed by atoms with Crippen LogP contribution in [0.4, 0.5) is 23.2 Å². The minimum atomic E-state index is -2.68. The Bertz CT molecular complexity index is 2360. The molecular weight excluding hydrogens is 742 g/mol. The number of alkyl halides is 2. The van der Waals surface area contributed by atoms with Crippen molar-refractivity contribution >= 4 is 40.2 Å². The number of aromatic nitrogens is 1. The maximum Gasteiger partial charge on any atom is 0.255 e. The number of nitrogens with one attached hydrogen (secondary N) is 2. The summed E-state index contributed by atoms with van der Waals surface area (Å²) in [4.78, 5) is 62.8. The predicted molar refractivity (Wildman–Crippen MR) is 200 cm³/mol. The van der Waals surface area contributed by atoms with Crippen LogP contribution in [0.2, 0.25) is 0 Å². The Hall–Kier alpha value is -5.28. The zero-order chi connectivity index (χ0) is 39.5. The van der Waals surface area contributed by atoms with Crippen LogP contribution in [-0.4, -0.2) is 106 Å². The average Bonchev–Trinajstić information content (AvgIpc) is 3.79. The van der Waals surface area contributed by atoms with Crippen LogP contribution in [0.15, 0.2) is 48.5 Å². The molecule has 3 saturated heterocycles. The number of hydrogen-bond donors (Lipinski definition) is 2. The molecule has 6 aliphatic heterocycles. The van der Waals surface area contributed by atoms with Crippen molar-refractivity contribution in [2.45, 2.75) is 70.4 Å². The molecule has 0 saturated carbocycles. The van der Waals surface area contributed by atoms with Gasteiger partial charge in [0.15, 0.2) is 0 Å². The summed E-state index contributed by atoms with van der Waals surface area (Å²) in [6, 6.07) is 11.9. The first-order valence-corrected chi connectivity index (χ1v) is 19.5. The van der Waals surface area contributed by atoms with E-state index in [4.69, 9.17) is 0 Å². The highest BCUT2D eigenvalue weighted by Crippen LogP contribution is 2.46. The number of aromatic amines is 1. The largest absolute Gasteiger partial charge is 0.370 e. The number of rotatable bonds is 7. The van der Waals surface area contributed by atoms with Crippen LogP contribution < -0.4 is 10.2 Å². The van der Waals surface area contributed by atoms with Gasteiger partial charge < -0.3 is 19.7 Å².